The lowest BCUT2D eigenvalue weighted by Crippen LogP contribution is -2.41. The maximum Gasteiger partial charge on any atom is 0.304 e. The molecule has 0 bridgehead atoms. The van der Waals surface area contributed by atoms with Gasteiger partial charge in [0.15, 0.2) is 0 Å². The van der Waals surface area contributed by atoms with E-state index in [1.54, 1.807) is 18.2 Å². The molecule has 0 aliphatic carbocycles. The molecule has 1 atom stereocenters. The summed E-state index contributed by atoms with van der Waals surface area (Å²) in [4.78, 5) is 12.7. The topological polar surface area (TPSA) is 49.8 Å². The van der Waals surface area contributed by atoms with Crippen LogP contribution in [0.3, 0.4) is 0 Å². The standard InChI is InChI=1S/C14H17Cl2NO3/c15-12-4-3-10(8-13(12)16)20-11-2-1-6-17(9-11)7-5-14(18)19/h3-4,8,11H,1-2,5-7,9H2,(H,18,19)/t11-/m1/s1. The highest BCUT2D eigenvalue weighted by molar-refractivity contribution is 6.42. The van der Waals surface area contributed by atoms with Crippen LogP contribution >= 0.6 is 23.2 Å². The Bertz CT molecular complexity index is 481. The fraction of sp³-hybridized carbons (Fsp3) is 0.500. The molecular formula is C14H17Cl2NO3. The van der Waals surface area contributed by atoms with Crippen molar-refractivity contribution < 1.29 is 14.6 Å². The number of rotatable bonds is 5. The Balaban J connectivity index is 1.88. The molecule has 0 amide bonds. The second-order valence-corrected chi connectivity index (χ2v) is 5.72. The maximum atomic E-state index is 10.6. The molecule has 1 N–H and O–H groups in total. The zero-order valence-corrected chi connectivity index (χ0v) is 12.5. The monoisotopic (exact) mass is 317 g/mol. The van der Waals surface area contributed by atoms with E-state index in [0.717, 1.165) is 25.9 Å². The molecule has 0 spiro atoms. The van der Waals surface area contributed by atoms with Crippen molar-refractivity contribution in [2.45, 2.75) is 25.4 Å². The van der Waals surface area contributed by atoms with Crippen LogP contribution in [0.15, 0.2) is 18.2 Å². The maximum absolute atomic E-state index is 10.6. The number of carbonyl (C=O) groups is 1. The van der Waals surface area contributed by atoms with Gasteiger partial charge in [0.2, 0.25) is 0 Å². The Hall–Kier alpha value is -0.970. The van der Waals surface area contributed by atoms with Crippen LogP contribution in [0.4, 0.5) is 0 Å². The molecule has 2 rings (SSSR count). The Morgan fingerprint density at radius 2 is 2.20 bits per heavy atom. The van der Waals surface area contributed by atoms with E-state index in [1.165, 1.54) is 0 Å². The fourth-order valence-electron chi connectivity index (χ4n) is 2.31. The highest BCUT2D eigenvalue weighted by atomic mass is 35.5. The smallest absolute Gasteiger partial charge is 0.304 e. The number of nitrogens with zero attached hydrogens (tertiary/aromatic N) is 1. The fourth-order valence-corrected chi connectivity index (χ4v) is 2.60. The lowest BCUT2D eigenvalue weighted by molar-refractivity contribution is -0.137. The first-order valence-electron chi connectivity index (χ1n) is 6.60. The summed E-state index contributed by atoms with van der Waals surface area (Å²) in [6.45, 7) is 2.23. The molecule has 110 valence electrons. The Kier molecular flexibility index (Phi) is 5.52. The van der Waals surface area contributed by atoms with Crippen molar-refractivity contribution in [2.75, 3.05) is 19.6 Å². The van der Waals surface area contributed by atoms with E-state index in [2.05, 4.69) is 4.90 Å². The number of likely N-dealkylation sites (tertiary alicyclic amines) is 1. The molecule has 0 radical (unpaired) electrons. The van der Waals surface area contributed by atoms with E-state index < -0.39 is 5.97 Å². The van der Waals surface area contributed by atoms with Crippen LogP contribution < -0.4 is 4.74 Å². The van der Waals surface area contributed by atoms with Crippen molar-refractivity contribution in [2.24, 2.45) is 0 Å². The lowest BCUT2D eigenvalue weighted by atomic mass is 10.1. The van der Waals surface area contributed by atoms with Crippen LogP contribution in [0.1, 0.15) is 19.3 Å². The van der Waals surface area contributed by atoms with Crippen molar-refractivity contribution >= 4 is 29.2 Å². The van der Waals surface area contributed by atoms with E-state index in [9.17, 15) is 4.79 Å². The number of aliphatic carboxylic acids is 1. The number of hydrogen-bond acceptors (Lipinski definition) is 3. The number of ether oxygens (including phenoxy) is 1. The summed E-state index contributed by atoms with van der Waals surface area (Å²) in [5, 5.41) is 9.70. The van der Waals surface area contributed by atoms with Crippen LogP contribution in [0.2, 0.25) is 10.0 Å². The summed E-state index contributed by atoms with van der Waals surface area (Å²) >= 11 is 11.8. The van der Waals surface area contributed by atoms with Crippen LogP contribution in [-0.4, -0.2) is 41.7 Å². The number of halogens is 2. The molecule has 1 fully saturated rings. The summed E-state index contributed by atoms with van der Waals surface area (Å²) in [6, 6.07) is 5.22. The van der Waals surface area contributed by atoms with Gasteiger partial charge in [0.1, 0.15) is 11.9 Å². The Morgan fingerprint density at radius 1 is 1.40 bits per heavy atom. The van der Waals surface area contributed by atoms with Gasteiger partial charge in [-0.25, -0.2) is 0 Å². The molecule has 20 heavy (non-hydrogen) atoms. The number of carboxylic acid groups (broad SMARTS) is 1. The highest BCUT2D eigenvalue weighted by Crippen LogP contribution is 2.28. The minimum absolute atomic E-state index is 0.0646. The Labute approximate surface area is 128 Å². The second-order valence-electron chi connectivity index (χ2n) is 4.90. The molecule has 1 aliphatic heterocycles. The van der Waals surface area contributed by atoms with Gasteiger partial charge in [-0.2, -0.15) is 0 Å². The van der Waals surface area contributed by atoms with Gasteiger partial charge in [-0.3, -0.25) is 9.69 Å². The summed E-state index contributed by atoms with van der Waals surface area (Å²) in [5.41, 5.74) is 0. The first kappa shape index (κ1) is 15.4. The van der Waals surface area contributed by atoms with Gasteiger partial charge in [0, 0.05) is 19.2 Å². The minimum atomic E-state index is -0.766. The molecule has 4 nitrogen and oxygen atoms in total. The summed E-state index contributed by atoms with van der Waals surface area (Å²) in [7, 11) is 0. The van der Waals surface area contributed by atoms with Crippen molar-refractivity contribution in [1.29, 1.82) is 0 Å². The molecular weight excluding hydrogens is 301 g/mol. The van der Waals surface area contributed by atoms with Gasteiger partial charge in [0.05, 0.1) is 16.5 Å². The summed E-state index contributed by atoms with van der Waals surface area (Å²) < 4.78 is 5.90. The average Bonchev–Trinajstić information content (AvgIpc) is 2.41. The van der Waals surface area contributed by atoms with Crippen LogP contribution in [0.5, 0.6) is 5.75 Å². The normalized spacial score (nSPS) is 19.8. The van der Waals surface area contributed by atoms with Crippen molar-refractivity contribution in [3.63, 3.8) is 0 Å². The molecule has 0 saturated carbocycles. The first-order chi connectivity index (χ1) is 9.54. The number of carboxylic acids is 1. The lowest BCUT2D eigenvalue weighted by Gasteiger charge is -2.32. The van der Waals surface area contributed by atoms with Gasteiger partial charge >= 0.3 is 5.97 Å². The van der Waals surface area contributed by atoms with Crippen LogP contribution in [-0.2, 0) is 4.79 Å². The van der Waals surface area contributed by atoms with Crippen molar-refractivity contribution in [3.8, 4) is 5.75 Å². The third kappa shape index (κ3) is 4.54. The summed E-state index contributed by atoms with van der Waals surface area (Å²) in [6.07, 6.45) is 2.20. The zero-order valence-electron chi connectivity index (χ0n) is 11.0. The molecule has 0 unspecified atom stereocenters. The predicted molar refractivity (Wildman–Crippen MR) is 78.8 cm³/mol. The minimum Gasteiger partial charge on any atom is -0.489 e. The second kappa shape index (κ2) is 7.16. The molecule has 6 heteroatoms. The van der Waals surface area contributed by atoms with Crippen LogP contribution in [0, 0.1) is 0 Å². The number of benzene rings is 1. The largest absolute Gasteiger partial charge is 0.489 e. The average molecular weight is 318 g/mol. The molecule has 0 aromatic heterocycles. The zero-order chi connectivity index (χ0) is 14.5. The molecule has 1 aromatic carbocycles. The molecule has 1 aliphatic rings. The molecule has 1 heterocycles. The quantitative estimate of drug-likeness (QED) is 0.905. The predicted octanol–water partition coefficient (Wildman–Crippen LogP) is 3.31. The van der Waals surface area contributed by atoms with Gasteiger partial charge in [-0.1, -0.05) is 23.2 Å². The number of piperidine rings is 1. The molecule has 1 saturated heterocycles. The SMILES string of the molecule is O=C(O)CCN1CCC[C@@H](Oc2ccc(Cl)c(Cl)c2)C1. The summed E-state index contributed by atoms with van der Waals surface area (Å²) in [5.74, 6) is -0.0676. The Morgan fingerprint density at radius 3 is 2.90 bits per heavy atom. The van der Waals surface area contributed by atoms with Crippen molar-refractivity contribution in [3.05, 3.63) is 28.2 Å². The first-order valence-corrected chi connectivity index (χ1v) is 7.36. The van der Waals surface area contributed by atoms with Gasteiger partial charge in [-0.15, -0.1) is 0 Å². The molecule has 1 aromatic rings. The van der Waals surface area contributed by atoms with E-state index in [0.29, 0.717) is 22.3 Å². The van der Waals surface area contributed by atoms with E-state index >= 15 is 0 Å². The van der Waals surface area contributed by atoms with Gasteiger partial charge in [0.25, 0.3) is 0 Å². The van der Waals surface area contributed by atoms with E-state index in [1.807, 2.05) is 0 Å². The van der Waals surface area contributed by atoms with Gasteiger partial charge in [-0.05, 0) is 31.5 Å². The number of hydrogen-bond donors (Lipinski definition) is 1. The van der Waals surface area contributed by atoms with Crippen LogP contribution in [0.25, 0.3) is 0 Å². The van der Waals surface area contributed by atoms with Gasteiger partial charge < -0.3 is 9.84 Å². The highest BCUT2D eigenvalue weighted by Gasteiger charge is 2.21. The van der Waals surface area contributed by atoms with Crippen molar-refractivity contribution in [1.82, 2.24) is 4.90 Å². The third-order valence-corrected chi connectivity index (χ3v) is 4.04. The van der Waals surface area contributed by atoms with E-state index in [-0.39, 0.29) is 12.5 Å². The third-order valence-electron chi connectivity index (χ3n) is 3.30. The van der Waals surface area contributed by atoms with E-state index in [4.69, 9.17) is 33.0 Å².